The van der Waals surface area contributed by atoms with Gasteiger partial charge < -0.3 is 0 Å². The first-order valence-electron chi connectivity index (χ1n) is 11.1. The zero-order chi connectivity index (χ0) is 25.6. The second-order valence-electron chi connectivity index (χ2n) is 8.15. The fourth-order valence-electron chi connectivity index (χ4n) is 4.21. The molecule has 0 spiro atoms. The molecule has 182 valence electrons. The van der Waals surface area contributed by atoms with Crippen molar-refractivity contribution in [3.05, 3.63) is 113 Å². The average molecular weight is 512 g/mol. The van der Waals surface area contributed by atoms with Crippen molar-refractivity contribution in [2.75, 3.05) is 0 Å². The van der Waals surface area contributed by atoms with Crippen molar-refractivity contribution in [1.82, 2.24) is 24.4 Å². The molecule has 0 aliphatic heterocycles. The number of hydrogen-bond acceptors (Lipinski definition) is 7. The van der Waals surface area contributed by atoms with E-state index in [0.717, 1.165) is 5.69 Å². The quantitative estimate of drug-likeness (QED) is 0.375. The predicted molar refractivity (Wildman–Crippen MR) is 135 cm³/mol. The number of nitrogens with one attached hydrogen (secondary N) is 1. The summed E-state index contributed by atoms with van der Waals surface area (Å²) < 4.78 is 35.9. The highest BCUT2D eigenvalue weighted by Crippen LogP contribution is 2.23. The number of benzene rings is 4. The minimum atomic E-state index is -4.31. The maximum absolute atomic E-state index is 13.6. The highest BCUT2D eigenvalue weighted by atomic mass is 32.2. The second kappa shape index (κ2) is 8.57. The van der Waals surface area contributed by atoms with Crippen LogP contribution < -0.4 is 10.3 Å². The van der Waals surface area contributed by atoms with Gasteiger partial charge in [-0.05, 0) is 64.9 Å². The molecule has 0 saturated carbocycles. The van der Waals surface area contributed by atoms with Crippen LogP contribution in [0.15, 0.2) is 111 Å². The van der Waals surface area contributed by atoms with E-state index in [1.807, 2.05) is 53.3 Å². The summed E-state index contributed by atoms with van der Waals surface area (Å²) >= 11 is 0. The van der Waals surface area contributed by atoms with Crippen LogP contribution >= 0.6 is 0 Å². The van der Waals surface area contributed by atoms with Crippen molar-refractivity contribution in [2.45, 2.75) is 4.90 Å². The van der Waals surface area contributed by atoms with E-state index in [0.29, 0.717) is 11.2 Å². The normalized spacial score (nSPS) is 11.7. The van der Waals surface area contributed by atoms with Crippen LogP contribution in [-0.4, -0.2) is 34.0 Å². The number of sulfonamides is 1. The molecule has 0 saturated heterocycles. The Bertz CT molecular complexity index is 1960. The van der Waals surface area contributed by atoms with Crippen molar-refractivity contribution in [3.63, 3.8) is 0 Å². The third-order valence-electron chi connectivity index (χ3n) is 5.88. The van der Waals surface area contributed by atoms with E-state index < -0.39 is 15.9 Å². The summed E-state index contributed by atoms with van der Waals surface area (Å²) in [5.74, 6) is -0.895. The third-order valence-corrected chi connectivity index (χ3v) is 7.24. The van der Waals surface area contributed by atoms with Crippen molar-refractivity contribution in [3.8, 4) is 11.4 Å². The Morgan fingerprint density at radius 3 is 2.16 bits per heavy atom. The molecule has 1 amide bonds. The molecule has 1 N–H and O–H groups in total. The topological polar surface area (TPSA) is 129 Å². The molecular formula is C26H17N5O5S. The van der Waals surface area contributed by atoms with Crippen LogP contribution in [0.25, 0.3) is 33.3 Å². The number of rotatable bonds is 5. The highest BCUT2D eigenvalue weighted by molar-refractivity contribution is 7.90. The molecule has 0 fully saturated rings. The van der Waals surface area contributed by atoms with Gasteiger partial charge >= 0.3 is 0 Å². The molecule has 0 radical (unpaired) electrons. The van der Waals surface area contributed by atoms with Gasteiger partial charge in [0.05, 0.1) is 22.3 Å². The van der Waals surface area contributed by atoms with Gasteiger partial charge in [-0.1, -0.05) is 42.5 Å². The van der Waals surface area contributed by atoms with E-state index in [9.17, 15) is 18.0 Å². The van der Waals surface area contributed by atoms with Crippen LogP contribution in [0.5, 0.6) is 0 Å². The first kappa shape index (κ1) is 22.4. The van der Waals surface area contributed by atoms with Crippen molar-refractivity contribution >= 4 is 37.9 Å². The molecule has 0 aliphatic carbocycles. The fraction of sp³-hybridized carbons (Fsp3) is 0. The maximum atomic E-state index is 13.6. The average Bonchev–Trinajstić information content (AvgIpc) is 3.51. The Morgan fingerprint density at radius 2 is 1.46 bits per heavy atom. The second-order valence-corrected chi connectivity index (χ2v) is 9.81. The van der Waals surface area contributed by atoms with Crippen molar-refractivity contribution in [1.29, 1.82) is 0 Å². The summed E-state index contributed by atoms with van der Waals surface area (Å²) in [5, 5.41) is 7.51. The fourth-order valence-corrected chi connectivity index (χ4v) is 5.33. The van der Waals surface area contributed by atoms with Gasteiger partial charge in [0.2, 0.25) is 0 Å². The van der Waals surface area contributed by atoms with Crippen LogP contribution in [0.2, 0.25) is 0 Å². The van der Waals surface area contributed by atoms with Crippen LogP contribution in [0.3, 0.4) is 0 Å². The lowest BCUT2D eigenvalue weighted by Gasteiger charge is -2.13. The van der Waals surface area contributed by atoms with Gasteiger partial charge in [-0.2, -0.15) is 0 Å². The maximum Gasteiger partial charge on any atom is 0.279 e. The van der Waals surface area contributed by atoms with Gasteiger partial charge in [-0.15, -0.1) is 0 Å². The van der Waals surface area contributed by atoms with E-state index in [1.165, 1.54) is 35.0 Å². The number of amides is 1. The lowest BCUT2D eigenvalue weighted by atomic mass is 10.1. The van der Waals surface area contributed by atoms with Crippen LogP contribution in [0.1, 0.15) is 10.4 Å². The zero-order valence-electron chi connectivity index (χ0n) is 19.0. The number of nitrogens with zero attached hydrogens (tertiary/aromatic N) is 4. The molecule has 2 heterocycles. The Kier molecular flexibility index (Phi) is 5.20. The van der Waals surface area contributed by atoms with Crippen molar-refractivity contribution < 1.29 is 17.8 Å². The first-order chi connectivity index (χ1) is 17.9. The smallest absolute Gasteiger partial charge is 0.268 e. The zero-order valence-corrected chi connectivity index (χ0v) is 19.8. The van der Waals surface area contributed by atoms with E-state index in [2.05, 4.69) is 14.9 Å². The van der Waals surface area contributed by atoms with Gasteiger partial charge in [-0.25, -0.2) is 27.1 Å². The summed E-state index contributed by atoms with van der Waals surface area (Å²) in [5.41, 5.74) is 1.82. The molecular weight excluding hydrogens is 494 g/mol. The molecule has 0 bridgehead atoms. The van der Waals surface area contributed by atoms with E-state index in [1.54, 1.807) is 22.9 Å². The molecule has 2 aromatic heterocycles. The lowest BCUT2D eigenvalue weighted by Crippen LogP contribution is -2.30. The van der Waals surface area contributed by atoms with E-state index in [-0.39, 0.29) is 32.4 Å². The monoisotopic (exact) mass is 511 g/mol. The van der Waals surface area contributed by atoms with Crippen molar-refractivity contribution in [2.24, 2.45) is 0 Å². The molecule has 10 nitrogen and oxygen atoms in total. The molecule has 4 aromatic carbocycles. The van der Waals surface area contributed by atoms with Gasteiger partial charge in [0, 0.05) is 5.56 Å². The molecule has 0 atom stereocenters. The minimum Gasteiger partial charge on any atom is -0.268 e. The number of aromatic nitrogens is 4. The molecule has 6 aromatic rings. The molecule has 37 heavy (non-hydrogen) atoms. The third kappa shape index (κ3) is 3.78. The number of para-hydroxylation sites is 2. The largest absolute Gasteiger partial charge is 0.279 e. The first-order valence-corrected chi connectivity index (χ1v) is 12.6. The Morgan fingerprint density at radius 1 is 0.784 bits per heavy atom. The number of fused-ring (bicyclic) bond motifs is 2. The Hall–Kier alpha value is -5.03. The number of carbonyl (C=O) groups is 1. The highest BCUT2D eigenvalue weighted by Gasteiger charge is 2.24. The SMILES string of the molecule is O=C(NS(=O)(=O)c1cccc2nonc12)c1ccc2c(c1)c(=O)n(-c1ccccc1)n2-c1ccccc1. The van der Waals surface area contributed by atoms with E-state index >= 15 is 0 Å². The standard InChI is InChI=1S/C26H17N5O5S/c32-25(29-37(34,35)23-13-7-12-21-24(23)28-36-27-21)17-14-15-22-20(16-17)26(33)31(19-10-5-2-6-11-19)30(22)18-8-3-1-4-9-18/h1-16H,(H,29,32). The van der Waals surface area contributed by atoms with Gasteiger partial charge in [-0.3, -0.25) is 9.59 Å². The van der Waals surface area contributed by atoms with Gasteiger partial charge in [0.25, 0.3) is 21.5 Å². The number of hydrogen-bond donors (Lipinski definition) is 1. The lowest BCUT2D eigenvalue weighted by molar-refractivity contribution is 0.0981. The molecule has 0 aliphatic rings. The van der Waals surface area contributed by atoms with Gasteiger partial charge in [0.15, 0.2) is 5.52 Å². The predicted octanol–water partition coefficient (Wildman–Crippen LogP) is 3.44. The van der Waals surface area contributed by atoms with Gasteiger partial charge in [0.1, 0.15) is 10.4 Å². The summed E-state index contributed by atoms with van der Waals surface area (Å²) in [4.78, 5) is 26.4. The summed E-state index contributed by atoms with van der Waals surface area (Å²) in [6.07, 6.45) is 0. The minimum absolute atomic E-state index is 0.00365. The number of carbonyl (C=O) groups excluding carboxylic acids is 1. The van der Waals surface area contributed by atoms with E-state index in [4.69, 9.17) is 0 Å². The summed E-state index contributed by atoms with van der Waals surface area (Å²) in [6.45, 7) is 0. The van der Waals surface area contributed by atoms with Crippen LogP contribution in [-0.2, 0) is 10.0 Å². The Balaban J connectivity index is 1.46. The van der Waals surface area contributed by atoms with Crippen LogP contribution in [0.4, 0.5) is 0 Å². The Labute approximate surface area is 209 Å². The molecule has 0 unspecified atom stereocenters. The van der Waals surface area contributed by atoms with Crippen LogP contribution in [0, 0.1) is 0 Å². The summed E-state index contributed by atoms with van der Waals surface area (Å²) in [6, 6.07) is 27.2. The summed E-state index contributed by atoms with van der Waals surface area (Å²) in [7, 11) is -4.31. The molecule has 11 heteroatoms. The molecule has 6 rings (SSSR count).